The van der Waals surface area contributed by atoms with Crippen molar-refractivity contribution in [3.05, 3.63) is 16.7 Å². The lowest BCUT2D eigenvalue weighted by molar-refractivity contribution is -0.119. The molecule has 0 radical (unpaired) electrons. The molecule has 5 atom stereocenters. The monoisotopic (exact) mass is 601 g/mol. The zero-order valence-corrected chi connectivity index (χ0v) is 25.1. The lowest BCUT2D eigenvalue weighted by Gasteiger charge is -2.40. The first-order chi connectivity index (χ1) is 18.9. The first-order valence-corrected chi connectivity index (χ1v) is 15.9. The largest absolute Gasteiger partial charge is 0.395 e. The molecule has 0 bridgehead atoms. The van der Waals surface area contributed by atoms with Gasteiger partial charge in [-0.3, -0.25) is 19.1 Å². The van der Waals surface area contributed by atoms with E-state index in [1.807, 2.05) is 14.0 Å². The summed E-state index contributed by atoms with van der Waals surface area (Å²) in [5.74, 6) is -0.0184. The Labute approximate surface area is 237 Å². The van der Waals surface area contributed by atoms with Gasteiger partial charge in [0.1, 0.15) is 12.3 Å². The zero-order chi connectivity index (χ0) is 29.2. The van der Waals surface area contributed by atoms with Gasteiger partial charge < -0.3 is 34.6 Å². The van der Waals surface area contributed by atoms with Crippen molar-refractivity contribution >= 4 is 47.8 Å². The summed E-state index contributed by atoms with van der Waals surface area (Å²) < 4.78 is 22.5. The van der Waals surface area contributed by atoms with Gasteiger partial charge in [0, 0.05) is 37.8 Å². The number of likely N-dealkylation sites (N-methyl/N-ethyl adjacent to an activating group) is 1. The predicted molar refractivity (Wildman–Crippen MR) is 155 cm³/mol. The summed E-state index contributed by atoms with van der Waals surface area (Å²) in [7, 11) is -0.762. The average Bonchev–Trinajstić information content (AvgIpc) is 3.46. The number of aromatic nitrogens is 4. The molecule has 0 aliphatic carbocycles. The topological polar surface area (TPSA) is 181 Å². The van der Waals surface area contributed by atoms with Gasteiger partial charge in [0.05, 0.1) is 37.7 Å². The van der Waals surface area contributed by atoms with Crippen LogP contribution in [-0.2, 0) is 18.6 Å². The van der Waals surface area contributed by atoms with E-state index in [9.17, 15) is 19.8 Å². The molecule has 16 heteroatoms. The summed E-state index contributed by atoms with van der Waals surface area (Å²) in [6, 6.07) is 0. The van der Waals surface area contributed by atoms with Gasteiger partial charge in [0.15, 0.2) is 23.8 Å². The molecule has 0 aromatic carbocycles. The molecule has 2 fully saturated rings. The Balaban J connectivity index is 1.44. The lowest BCUT2D eigenvalue weighted by Crippen LogP contribution is -2.43. The van der Waals surface area contributed by atoms with Crippen molar-refractivity contribution in [2.75, 3.05) is 64.5 Å². The molecule has 2 saturated heterocycles. The van der Waals surface area contributed by atoms with E-state index in [0.717, 1.165) is 24.9 Å². The third-order valence-corrected chi connectivity index (χ3v) is 10.9. The number of nitrogens with one attached hydrogen (secondary N) is 1. The molecule has 4 heterocycles. The van der Waals surface area contributed by atoms with Crippen LogP contribution in [0.15, 0.2) is 11.1 Å². The summed E-state index contributed by atoms with van der Waals surface area (Å²) in [6.45, 7) is 8.32. The number of anilines is 1. The summed E-state index contributed by atoms with van der Waals surface area (Å²) in [5.41, 5.74) is 4.85. The van der Waals surface area contributed by atoms with Crippen molar-refractivity contribution < 1.29 is 28.8 Å². The fraction of sp³-hybridized carbons (Fsp3) is 0.708. The minimum absolute atomic E-state index is 0.0258. The van der Waals surface area contributed by atoms with Gasteiger partial charge in [-0.15, -0.1) is 0 Å². The minimum atomic E-state index is -2.81. The fourth-order valence-electron chi connectivity index (χ4n) is 4.54. The number of nitrogens with two attached hydrogens (primary N) is 1. The third-order valence-electron chi connectivity index (χ3n) is 7.32. The Bertz CT molecular complexity index is 1300. The van der Waals surface area contributed by atoms with Crippen molar-refractivity contribution in [3.63, 3.8) is 0 Å². The molecule has 0 spiro atoms. The van der Waals surface area contributed by atoms with Crippen molar-refractivity contribution in [2.24, 2.45) is 11.3 Å². The van der Waals surface area contributed by atoms with Gasteiger partial charge in [-0.25, -0.2) is 9.65 Å². The number of ether oxygens (including phenoxy) is 1. The van der Waals surface area contributed by atoms with Gasteiger partial charge in [0.25, 0.3) is 5.56 Å². The van der Waals surface area contributed by atoms with Crippen LogP contribution in [0.25, 0.3) is 11.2 Å². The minimum Gasteiger partial charge on any atom is -0.395 e. The normalized spacial score (nSPS) is 26.4. The van der Waals surface area contributed by atoms with E-state index in [0.29, 0.717) is 18.8 Å². The van der Waals surface area contributed by atoms with Crippen LogP contribution in [0.3, 0.4) is 0 Å². The van der Waals surface area contributed by atoms with Crippen molar-refractivity contribution in [1.29, 1.82) is 0 Å². The Kier molecular flexibility index (Phi) is 9.80. The summed E-state index contributed by atoms with van der Waals surface area (Å²) in [6.07, 6.45) is 3.58. The molecule has 5 unspecified atom stereocenters. The number of piperazine rings is 1. The van der Waals surface area contributed by atoms with Crippen molar-refractivity contribution in [3.8, 4) is 0 Å². The van der Waals surface area contributed by atoms with E-state index in [1.165, 1.54) is 6.33 Å². The third kappa shape index (κ3) is 6.63. The first-order valence-electron chi connectivity index (χ1n) is 13.2. The number of nitrogen functional groups attached to an aromatic ring is 1. The second-order valence-corrected chi connectivity index (χ2v) is 14.3. The molecule has 0 amide bonds. The van der Waals surface area contributed by atoms with E-state index in [4.69, 9.17) is 19.5 Å². The maximum Gasteiger partial charge on any atom is 0.280 e. The number of carbonyl (C=O) groups excluding carboxylic acids is 1. The number of aromatic amines is 1. The van der Waals surface area contributed by atoms with Gasteiger partial charge >= 0.3 is 0 Å². The van der Waals surface area contributed by atoms with Crippen LogP contribution in [0, 0.1) is 11.3 Å². The maximum absolute atomic E-state index is 12.4. The van der Waals surface area contributed by atoms with Crippen molar-refractivity contribution in [1.82, 2.24) is 29.1 Å². The number of aliphatic hydroxyl groups excluding tert-OH is 2. The quantitative estimate of drug-likeness (QED) is 0.205. The Hall–Kier alpha value is -1.81. The molecule has 2 aliphatic heterocycles. The number of hydrogen-bond acceptors (Lipinski definition) is 13. The summed E-state index contributed by atoms with van der Waals surface area (Å²) in [4.78, 5) is 37.6. The predicted octanol–water partition coefficient (Wildman–Crippen LogP) is 0.350. The average molecular weight is 602 g/mol. The molecule has 2 aromatic rings. The van der Waals surface area contributed by atoms with E-state index < -0.39 is 36.9 Å². The smallest absolute Gasteiger partial charge is 0.280 e. The van der Waals surface area contributed by atoms with Crippen LogP contribution in [0.2, 0.25) is 0 Å². The van der Waals surface area contributed by atoms with E-state index >= 15 is 0 Å². The van der Waals surface area contributed by atoms with Gasteiger partial charge in [-0.05, 0) is 27.2 Å². The molecule has 224 valence electrons. The number of fused-ring (bicyclic) bond motifs is 1. The molecule has 0 saturated carbocycles. The van der Waals surface area contributed by atoms with Gasteiger partial charge in [-0.2, -0.15) is 4.98 Å². The van der Waals surface area contributed by atoms with Crippen molar-refractivity contribution in [2.45, 2.75) is 39.2 Å². The number of imidazole rings is 1. The number of carbonyl (C=O) groups is 1. The summed E-state index contributed by atoms with van der Waals surface area (Å²) in [5, 5.41) is 20.4. The molecule has 4 rings (SSSR count). The highest BCUT2D eigenvalue weighted by atomic mass is 32.2. The molecule has 2 aromatic heterocycles. The number of aliphatic hydroxyl groups is 2. The van der Waals surface area contributed by atoms with Crippen LogP contribution in [0.1, 0.15) is 27.0 Å². The van der Waals surface area contributed by atoms with E-state index in [2.05, 4.69) is 30.8 Å². The number of nitrogens with zero attached hydrogens (tertiary/aromatic N) is 5. The van der Waals surface area contributed by atoms with E-state index in [1.54, 1.807) is 18.4 Å². The number of thioether (sulfide) groups is 1. The number of rotatable bonds is 11. The standard InChI is InChI=1S/C24H40N7O7PS/c1-15-18(33)16(38-21(15)31-14-26-17-19(31)27-23(25)28-20(17)34)12-37-39(5,30-8-6-29(4)7-9-30)36-10-11-40-22(35)24(2,3)13-32/h14-16,18,21,32-33H,5-13H2,1-4H3,(H3,25,27,28,34). The summed E-state index contributed by atoms with van der Waals surface area (Å²) >= 11 is 1.11. The second-order valence-electron chi connectivity index (χ2n) is 10.9. The van der Waals surface area contributed by atoms with Crippen LogP contribution < -0.4 is 11.3 Å². The molecular weight excluding hydrogens is 561 g/mol. The van der Waals surface area contributed by atoms with Gasteiger partial charge in [0.2, 0.25) is 5.95 Å². The second kappa shape index (κ2) is 12.6. The molecule has 40 heavy (non-hydrogen) atoms. The number of H-pyrrole nitrogens is 1. The fourth-order valence-corrected chi connectivity index (χ4v) is 7.42. The van der Waals surface area contributed by atoms with Crippen LogP contribution >= 0.6 is 19.3 Å². The Morgan fingerprint density at radius 3 is 2.73 bits per heavy atom. The molecule has 14 nitrogen and oxygen atoms in total. The van der Waals surface area contributed by atoms with Crippen LogP contribution in [0.5, 0.6) is 0 Å². The molecule has 5 N–H and O–H groups in total. The zero-order valence-electron chi connectivity index (χ0n) is 23.4. The highest BCUT2D eigenvalue weighted by Crippen LogP contribution is 2.52. The maximum atomic E-state index is 12.4. The number of hydrogen-bond donors (Lipinski definition) is 4. The molecular formula is C24H40N7O7PS. The highest BCUT2D eigenvalue weighted by Gasteiger charge is 2.44. The first kappa shape index (κ1) is 31.1. The van der Waals surface area contributed by atoms with Crippen LogP contribution in [-0.4, -0.2) is 122 Å². The highest BCUT2D eigenvalue weighted by molar-refractivity contribution is 8.13. The lowest BCUT2D eigenvalue weighted by atomic mass is 9.97. The van der Waals surface area contributed by atoms with Crippen LogP contribution in [0.4, 0.5) is 5.95 Å². The SMILES string of the molecule is C=P(OCCSC(=O)C(C)(C)CO)(OCC1OC(n2cnc3c(=O)[nH]c(N)nc32)C(C)C1O)N1CCN(C)CC1. The Morgan fingerprint density at radius 1 is 1.35 bits per heavy atom. The van der Waals surface area contributed by atoms with E-state index in [-0.39, 0.29) is 48.0 Å². The molecule has 2 aliphatic rings. The van der Waals surface area contributed by atoms with Gasteiger partial charge in [-0.1, -0.05) is 18.7 Å². The Morgan fingerprint density at radius 2 is 2.05 bits per heavy atom.